The molecule has 186 valence electrons. The number of hydrogen-bond donors (Lipinski definition) is 0. The third-order valence-electron chi connectivity index (χ3n) is 7.95. The Hall–Kier alpha value is -5.55. The maximum atomic E-state index is 5.10. The second-order valence-electron chi connectivity index (χ2n) is 10.1. The van der Waals surface area contributed by atoms with E-state index in [0.717, 1.165) is 55.8 Å². The highest BCUT2D eigenvalue weighted by molar-refractivity contribution is 6.29. The molecule has 5 heteroatoms. The number of nitrogens with zero attached hydrogens (tertiary/aromatic N) is 5. The van der Waals surface area contributed by atoms with Gasteiger partial charge in [-0.2, -0.15) is 0 Å². The first-order valence-corrected chi connectivity index (χ1v) is 13.4. The lowest BCUT2D eigenvalue weighted by Gasteiger charge is -2.12. The fraction of sp³-hybridized carbons (Fsp3) is 0. The summed E-state index contributed by atoms with van der Waals surface area (Å²) in [5, 5.41) is 5.98. The minimum absolute atomic E-state index is 0.849. The highest BCUT2D eigenvalue weighted by Crippen LogP contribution is 2.41. The van der Waals surface area contributed by atoms with Crippen molar-refractivity contribution in [1.82, 2.24) is 23.9 Å². The van der Waals surface area contributed by atoms with E-state index in [1.807, 2.05) is 30.5 Å². The van der Waals surface area contributed by atoms with Crippen molar-refractivity contribution in [3.63, 3.8) is 0 Å². The molecule has 0 amide bonds. The number of hydrogen-bond acceptors (Lipinski definition) is 3. The van der Waals surface area contributed by atoms with Crippen LogP contribution < -0.4 is 0 Å². The molecule has 0 atom stereocenters. The van der Waals surface area contributed by atoms with E-state index in [4.69, 9.17) is 9.97 Å². The van der Waals surface area contributed by atoms with Gasteiger partial charge in [0, 0.05) is 27.7 Å². The molecule has 9 rings (SSSR count). The molecule has 0 spiro atoms. The molecule has 0 unspecified atom stereocenters. The number of imidazole rings is 1. The molecular weight excluding hydrogens is 490 g/mol. The zero-order valence-electron chi connectivity index (χ0n) is 21.4. The van der Waals surface area contributed by atoms with Crippen LogP contribution in [0.1, 0.15) is 0 Å². The van der Waals surface area contributed by atoms with Gasteiger partial charge in [0.15, 0.2) is 0 Å². The molecule has 0 saturated heterocycles. The van der Waals surface area contributed by atoms with Gasteiger partial charge in [-0.3, -0.25) is 14.0 Å². The molecule has 0 N–H and O–H groups in total. The summed E-state index contributed by atoms with van der Waals surface area (Å²) in [5.41, 5.74) is 8.19. The van der Waals surface area contributed by atoms with Crippen molar-refractivity contribution in [3.8, 4) is 17.2 Å². The Morgan fingerprint density at radius 3 is 2.02 bits per heavy atom. The normalized spacial score (nSPS) is 12.0. The number of benzene rings is 4. The molecular formula is C35H21N5. The Morgan fingerprint density at radius 2 is 1.15 bits per heavy atom. The zero-order chi connectivity index (χ0) is 26.2. The van der Waals surface area contributed by atoms with Crippen LogP contribution in [0.3, 0.4) is 0 Å². The van der Waals surface area contributed by atoms with Crippen molar-refractivity contribution in [2.24, 2.45) is 0 Å². The van der Waals surface area contributed by atoms with Crippen molar-refractivity contribution < 1.29 is 0 Å². The van der Waals surface area contributed by atoms with Crippen molar-refractivity contribution in [1.29, 1.82) is 0 Å². The lowest BCUT2D eigenvalue weighted by molar-refractivity contribution is 1.08. The molecule has 5 nitrogen and oxygen atoms in total. The molecule has 0 bridgehead atoms. The van der Waals surface area contributed by atoms with Gasteiger partial charge in [0.25, 0.3) is 0 Å². The fourth-order valence-corrected chi connectivity index (χ4v) is 6.31. The molecule has 40 heavy (non-hydrogen) atoms. The smallest absolute Gasteiger partial charge is 0.146 e. The first-order chi connectivity index (χ1) is 19.9. The number of rotatable bonds is 2. The molecule has 0 radical (unpaired) electrons. The predicted molar refractivity (Wildman–Crippen MR) is 163 cm³/mol. The van der Waals surface area contributed by atoms with E-state index < -0.39 is 0 Å². The second-order valence-corrected chi connectivity index (χ2v) is 10.1. The molecule has 0 saturated carbocycles. The fourth-order valence-electron chi connectivity index (χ4n) is 6.31. The van der Waals surface area contributed by atoms with Crippen molar-refractivity contribution >= 4 is 60.2 Å². The largest absolute Gasteiger partial charge is 0.294 e. The van der Waals surface area contributed by atoms with Crippen molar-refractivity contribution in [2.45, 2.75) is 0 Å². The number of pyridine rings is 3. The topological polar surface area (TPSA) is 48.0 Å². The SMILES string of the molecule is c1ccc(-c2cccc(-n3c4ccccc4c4c5c6ccccc6c6nc7ccccc7n6c5ccc43)n2)nc1. The summed E-state index contributed by atoms with van der Waals surface area (Å²) in [6, 6.07) is 42.2. The molecule has 0 aliphatic heterocycles. The van der Waals surface area contributed by atoms with Crippen LogP contribution in [0.25, 0.3) is 77.4 Å². The van der Waals surface area contributed by atoms with Crippen LogP contribution in [0, 0.1) is 0 Å². The van der Waals surface area contributed by atoms with Crippen LogP contribution in [0.4, 0.5) is 0 Å². The summed E-state index contributed by atoms with van der Waals surface area (Å²) in [6.07, 6.45) is 1.81. The van der Waals surface area contributed by atoms with Crippen LogP contribution in [0.5, 0.6) is 0 Å². The maximum Gasteiger partial charge on any atom is 0.146 e. The number of fused-ring (bicyclic) bond motifs is 12. The Labute approximate surface area is 228 Å². The summed E-state index contributed by atoms with van der Waals surface area (Å²) in [7, 11) is 0. The Kier molecular flexibility index (Phi) is 4.27. The number of aromatic nitrogens is 5. The quantitative estimate of drug-likeness (QED) is 0.219. The van der Waals surface area contributed by atoms with Crippen LogP contribution in [-0.4, -0.2) is 23.9 Å². The summed E-state index contributed by atoms with van der Waals surface area (Å²) in [5.74, 6) is 0.868. The summed E-state index contributed by atoms with van der Waals surface area (Å²) in [4.78, 5) is 14.7. The van der Waals surface area contributed by atoms with Gasteiger partial charge in [-0.05, 0) is 60.0 Å². The van der Waals surface area contributed by atoms with Crippen LogP contribution >= 0.6 is 0 Å². The van der Waals surface area contributed by atoms with E-state index in [1.165, 1.54) is 21.5 Å². The highest BCUT2D eigenvalue weighted by Gasteiger charge is 2.20. The van der Waals surface area contributed by atoms with Gasteiger partial charge in [-0.25, -0.2) is 9.97 Å². The van der Waals surface area contributed by atoms with Gasteiger partial charge in [-0.15, -0.1) is 0 Å². The first-order valence-electron chi connectivity index (χ1n) is 13.4. The monoisotopic (exact) mass is 511 g/mol. The molecule has 9 aromatic rings. The average molecular weight is 512 g/mol. The third kappa shape index (κ3) is 2.83. The lowest BCUT2D eigenvalue weighted by Crippen LogP contribution is -1.99. The highest BCUT2D eigenvalue weighted by atomic mass is 15.1. The van der Waals surface area contributed by atoms with Crippen molar-refractivity contribution in [3.05, 3.63) is 128 Å². The molecule has 5 heterocycles. The standard InChI is InChI=1S/C35H21N5/c1-2-11-23-22(10-1)33-31(40-29-17-6-4-14-27(29)38-35(23)40)20-19-30-34(33)24-12-3-5-16-28(24)39(30)32-18-9-15-26(37-32)25-13-7-8-21-36-25/h1-21H. The molecule has 0 aliphatic carbocycles. The molecule has 4 aromatic carbocycles. The van der Waals surface area contributed by atoms with E-state index >= 15 is 0 Å². The van der Waals surface area contributed by atoms with Gasteiger partial charge in [0.05, 0.1) is 39.0 Å². The van der Waals surface area contributed by atoms with Gasteiger partial charge in [0.2, 0.25) is 0 Å². The number of para-hydroxylation sites is 3. The average Bonchev–Trinajstić information content (AvgIpc) is 3.58. The maximum absolute atomic E-state index is 5.10. The van der Waals surface area contributed by atoms with Crippen molar-refractivity contribution in [2.75, 3.05) is 0 Å². The van der Waals surface area contributed by atoms with Gasteiger partial charge < -0.3 is 0 Å². The first kappa shape index (κ1) is 21.4. The molecule has 5 aromatic heterocycles. The van der Waals surface area contributed by atoms with Crippen LogP contribution in [0.2, 0.25) is 0 Å². The van der Waals surface area contributed by atoms with E-state index in [1.54, 1.807) is 0 Å². The Balaban J connectivity index is 1.48. The Bertz CT molecular complexity index is 2430. The van der Waals surface area contributed by atoms with Crippen LogP contribution in [-0.2, 0) is 0 Å². The van der Waals surface area contributed by atoms with E-state index in [-0.39, 0.29) is 0 Å². The zero-order valence-corrected chi connectivity index (χ0v) is 21.4. The summed E-state index contributed by atoms with van der Waals surface area (Å²) >= 11 is 0. The Morgan fingerprint density at radius 1 is 0.450 bits per heavy atom. The summed E-state index contributed by atoms with van der Waals surface area (Å²) < 4.78 is 4.60. The van der Waals surface area contributed by atoms with Gasteiger partial charge >= 0.3 is 0 Å². The van der Waals surface area contributed by atoms with Crippen LogP contribution in [0.15, 0.2) is 128 Å². The predicted octanol–water partition coefficient (Wildman–Crippen LogP) is 8.35. The second kappa shape index (κ2) is 7.98. The third-order valence-corrected chi connectivity index (χ3v) is 7.95. The lowest BCUT2D eigenvalue weighted by atomic mass is 10.0. The van der Waals surface area contributed by atoms with Gasteiger partial charge in [-0.1, -0.05) is 66.7 Å². The molecule has 0 aliphatic rings. The molecule has 0 fully saturated rings. The minimum Gasteiger partial charge on any atom is -0.294 e. The van der Waals surface area contributed by atoms with Gasteiger partial charge in [0.1, 0.15) is 11.5 Å². The van der Waals surface area contributed by atoms with E-state index in [0.29, 0.717) is 0 Å². The van der Waals surface area contributed by atoms with E-state index in [9.17, 15) is 0 Å². The minimum atomic E-state index is 0.849. The summed E-state index contributed by atoms with van der Waals surface area (Å²) in [6.45, 7) is 0. The van der Waals surface area contributed by atoms with E-state index in [2.05, 4.69) is 111 Å².